The maximum absolute atomic E-state index is 10.4. The molecule has 70 valence electrons. The summed E-state index contributed by atoms with van der Waals surface area (Å²) in [5, 5.41) is 11.3. The highest BCUT2D eigenvalue weighted by Crippen LogP contribution is 2.24. The zero-order valence-electron chi connectivity index (χ0n) is 7.39. The van der Waals surface area contributed by atoms with Gasteiger partial charge in [-0.05, 0) is 31.0 Å². The molecule has 0 unspecified atom stereocenters. The summed E-state index contributed by atoms with van der Waals surface area (Å²) in [6.45, 7) is 3.70. The predicted octanol–water partition coefficient (Wildman–Crippen LogP) is 3.05. The second-order valence-electron chi connectivity index (χ2n) is 2.85. The van der Waals surface area contributed by atoms with Gasteiger partial charge in [-0.3, -0.25) is 5.32 Å². The molecule has 0 spiro atoms. The van der Waals surface area contributed by atoms with Gasteiger partial charge in [0, 0.05) is 10.7 Å². The molecule has 0 saturated heterocycles. The van der Waals surface area contributed by atoms with E-state index < -0.39 is 6.09 Å². The van der Waals surface area contributed by atoms with Crippen LogP contribution < -0.4 is 5.32 Å². The van der Waals surface area contributed by atoms with Crippen molar-refractivity contribution < 1.29 is 9.90 Å². The number of rotatable bonds is 1. The lowest BCUT2D eigenvalue weighted by atomic mass is 10.1. The Hall–Kier alpha value is -1.22. The molecule has 0 saturated carbocycles. The summed E-state index contributed by atoms with van der Waals surface area (Å²) in [5.41, 5.74) is 2.34. The van der Waals surface area contributed by atoms with Gasteiger partial charge in [0.05, 0.1) is 0 Å². The molecule has 1 amide bonds. The number of amides is 1. The third kappa shape index (κ3) is 2.36. The van der Waals surface area contributed by atoms with E-state index >= 15 is 0 Å². The summed E-state index contributed by atoms with van der Waals surface area (Å²) >= 11 is 5.84. The molecule has 1 rings (SSSR count). The fourth-order valence-electron chi connectivity index (χ4n) is 1.08. The summed E-state index contributed by atoms with van der Waals surface area (Å²) in [6, 6.07) is 3.45. The molecule has 0 aliphatic rings. The van der Waals surface area contributed by atoms with Crippen LogP contribution in [0.3, 0.4) is 0 Å². The van der Waals surface area contributed by atoms with Crippen LogP contribution in [-0.2, 0) is 0 Å². The molecule has 2 N–H and O–H groups in total. The normalized spacial score (nSPS) is 9.77. The Bertz CT molecular complexity index is 350. The third-order valence-corrected chi connectivity index (χ3v) is 2.15. The summed E-state index contributed by atoms with van der Waals surface area (Å²) in [4.78, 5) is 10.4. The van der Waals surface area contributed by atoms with Gasteiger partial charge >= 0.3 is 6.09 Å². The quantitative estimate of drug-likeness (QED) is 0.731. The summed E-state index contributed by atoms with van der Waals surface area (Å²) in [6.07, 6.45) is -1.08. The molecule has 0 atom stereocenters. The molecule has 4 heteroatoms. The van der Waals surface area contributed by atoms with Crippen LogP contribution in [0.2, 0.25) is 5.02 Å². The first-order valence-electron chi connectivity index (χ1n) is 3.77. The number of halogens is 1. The Labute approximate surface area is 81.3 Å². The molecule has 0 aliphatic heterocycles. The minimum Gasteiger partial charge on any atom is -0.465 e. The molecule has 0 bridgehead atoms. The van der Waals surface area contributed by atoms with Crippen LogP contribution in [0.25, 0.3) is 0 Å². The Morgan fingerprint density at radius 1 is 1.38 bits per heavy atom. The molecular weight excluding hydrogens is 190 g/mol. The average molecular weight is 200 g/mol. The number of anilines is 1. The van der Waals surface area contributed by atoms with E-state index in [4.69, 9.17) is 16.7 Å². The number of hydrogen-bond acceptors (Lipinski definition) is 1. The van der Waals surface area contributed by atoms with Crippen LogP contribution in [0.5, 0.6) is 0 Å². The molecule has 1 aromatic rings. The predicted molar refractivity (Wildman–Crippen MR) is 52.6 cm³/mol. The van der Waals surface area contributed by atoms with Crippen molar-refractivity contribution in [3.8, 4) is 0 Å². The van der Waals surface area contributed by atoms with Gasteiger partial charge in [0.15, 0.2) is 0 Å². The van der Waals surface area contributed by atoms with Crippen molar-refractivity contribution in [3.05, 3.63) is 28.3 Å². The summed E-state index contributed by atoms with van der Waals surface area (Å²) < 4.78 is 0. The summed E-state index contributed by atoms with van der Waals surface area (Å²) in [7, 11) is 0. The van der Waals surface area contributed by atoms with Crippen molar-refractivity contribution in [2.45, 2.75) is 13.8 Å². The largest absolute Gasteiger partial charge is 0.465 e. The molecule has 0 fully saturated rings. The van der Waals surface area contributed by atoms with Crippen LogP contribution >= 0.6 is 11.6 Å². The van der Waals surface area contributed by atoms with Crippen molar-refractivity contribution in [2.24, 2.45) is 0 Å². The van der Waals surface area contributed by atoms with Crippen molar-refractivity contribution >= 4 is 23.4 Å². The molecule has 13 heavy (non-hydrogen) atoms. The van der Waals surface area contributed by atoms with E-state index in [0.717, 1.165) is 11.1 Å². The van der Waals surface area contributed by atoms with Gasteiger partial charge in [-0.2, -0.15) is 0 Å². The van der Waals surface area contributed by atoms with E-state index in [0.29, 0.717) is 10.7 Å². The molecule has 0 heterocycles. The van der Waals surface area contributed by atoms with Gasteiger partial charge in [0.2, 0.25) is 0 Å². The molecule has 3 nitrogen and oxygen atoms in total. The fraction of sp³-hybridized carbons (Fsp3) is 0.222. The van der Waals surface area contributed by atoms with Crippen molar-refractivity contribution in [1.29, 1.82) is 0 Å². The van der Waals surface area contributed by atoms with E-state index in [1.54, 1.807) is 6.07 Å². The number of aryl methyl sites for hydroxylation is 2. The third-order valence-electron chi connectivity index (χ3n) is 1.75. The number of benzene rings is 1. The minimum absolute atomic E-state index is 0.531. The first-order chi connectivity index (χ1) is 6.00. The highest BCUT2D eigenvalue weighted by Gasteiger charge is 2.04. The van der Waals surface area contributed by atoms with Gasteiger partial charge in [-0.25, -0.2) is 4.79 Å². The lowest BCUT2D eigenvalue weighted by molar-refractivity contribution is 0.209. The van der Waals surface area contributed by atoms with Crippen molar-refractivity contribution in [3.63, 3.8) is 0 Å². The van der Waals surface area contributed by atoms with E-state index in [1.807, 2.05) is 19.9 Å². The van der Waals surface area contributed by atoms with Gasteiger partial charge < -0.3 is 5.11 Å². The smallest absolute Gasteiger partial charge is 0.409 e. The van der Waals surface area contributed by atoms with Gasteiger partial charge in [-0.1, -0.05) is 17.7 Å². The highest BCUT2D eigenvalue weighted by molar-refractivity contribution is 6.31. The lowest BCUT2D eigenvalue weighted by Gasteiger charge is -2.07. The number of hydrogen-bond donors (Lipinski definition) is 2. The second kappa shape index (κ2) is 3.66. The first kappa shape index (κ1) is 9.86. The van der Waals surface area contributed by atoms with Crippen LogP contribution in [0.15, 0.2) is 12.1 Å². The SMILES string of the molecule is Cc1cc(C)c(NC(=O)O)cc1Cl. The standard InChI is InChI=1S/C9H10ClNO2/c1-5-3-6(2)8(4-7(5)10)11-9(12)13/h3-4,11H,1-2H3,(H,12,13). The Balaban J connectivity index is 3.08. The zero-order chi connectivity index (χ0) is 10.0. The van der Waals surface area contributed by atoms with Crippen LogP contribution in [0.4, 0.5) is 10.5 Å². The molecule has 0 aliphatic carbocycles. The molecule has 0 radical (unpaired) electrons. The first-order valence-corrected chi connectivity index (χ1v) is 4.15. The van der Waals surface area contributed by atoms with Crippen molar-refractivity contribution in [2.75, 3.05) is 5.32 Å². The van der Waals surface area contributed by atoms with Crippen LogP contribution in [0.1, 0.15) is 11.1 Å². The fourth-order valence-corrected chi connectivity index (χ4v) is 1.24. The summed E-state index contributed by atoms with van der Waals surface area (Å²) in [5.74, 6) is 0. The molecule has 1 aromatic carbocycles. The topological polar surface area (TPSA) is 49.3 Å². The highest BCUT2D eigenvalue weighted by atomic mass is 35.5. The monoisotopic (exact) mass is 199 g/mol. The Morgan fingerprint density at radius 3 is 2.54 bits per heavy atom. The Kier molecular flexibility index (Phi) is 2.78. The Morgan fingerprint density at radius 2 is 2.00 bits per heavy atom. The van der Waals surface area contributed by atoms with Crippen LogP contribution in [0, 0.1) is 13.8 Å². The van der Waals surface area contributed by atoms with Gasteiger partial charge in [0.25, 0.3) is 0 Å². The minimum atomic E-state index is -1.08. The van der Waals surface area contributed by atoms with E-state index in [2.05, 4.69) is 5.32 Å². The second-order valence-corrected chi connectivity index (χ2v) is 3.25. The number of carboxylic acid groups (broad SMARTS) is 1. The van der Waals surface area contributed by atoms with E-state index in [1.165, 1.54) is 0 Å². The van der Waals surface area contributed by atoms with E-state index in [9.17, 15) is 4.79 Å². The van der Waals surface area contributed by atoms with Crippen LogP contribution in [-0.4, -0.2) is 11.2 Å². The van der Waals surface area contributed by atoms with Gasteiger partial charge in [0.1, 0.15) is 0 Å². The number of nitrogens with one attached hydrogen (secondary N) is 1. The lowest BCUT2D eigenvalue weighted by Crippen LogP contribution is -2.08. The maximum Gasteiger partial charge on any atom is 0.409 e. The zero-order valence-corrected chi connectivity index (χ0v) is 8.14. The van der Waals surface area contributed by atoms with Gasteiger partial charge in [-0.15, -0.1) is 0 Å². The number of carbonyl (C=O) groups is 1. The average Bonchev–Trinajstić information content (AvgIpc) is 1.99. The maximum atomic E-state index is 10.4. The van der Waals surface area contributed by atoms with E-state index in [-0.39, 0.29) is 0 Å². The molecular formula is C9H10ClNO2. The molecule has 0 aromatic heterocycles. The van der Waals surface area contributed by atoms with Crippen molar-refractivity contribution in [1.82, 2.24) is 0 Å².